The zero-order chi connectivity index (χ0) is 23.4. The van der Waals surface area contributed by atoms with Crippen molar-refractivity contribution in [3.63, 3.8) is 0 Å². The van der Waals surface area contributed by atoms with E-state index in [9.17, 15) is 4.79 Å². The second-order valence-corrected chi connectivity index (χ2v) is 8.67. The van der Waals surface area contributed by atoms with E-state index in [1.54, 1.807) is 24.5 Å². The van der Waals surface area contributed by atoms with Crippen LogP contribution in [0.2, 0.25) is 0 Å². The third-order valence-corrected chi connectivity index (χ3v) is 5.13. The van der Waals surface area contributed by atoms with E-state index < -0.39 is 0 Å². The third-order valence-electron chi connectivity index (χ3n) is 5.13. The van der Waals surface area contributed by atoms with Crippen LogP contribution in [0.3, 0.4) is 0 Å². The van der Waals surface area contributed by atoms with Gasteiger partial charge in [0, 0.05) is 42.8 Å². The molecule has 170 valence electrons. The van der Waals surface area contributed by atoms with E-state index in [1.807, 2.05) is 40.7 Å². The van der Waals surface area contributed by atoms with Crippen LogP contribution in [0.25, 0.3) is 11.5 Å². The lowest BCUT2D eigenvalue weighted by Gasteiger charge is -2.18. The molecule has 1 amide bonds. The lowest BCUT2D eigenvalue weighted by molar-refractivity contribution is 0.0951. The SMILES string of the molecule is Cn1c(CNc2cccc(C(=O)NCc3cnn(C(C)(C)C)c3)c2)nnc1-c1ccncn1. The summed E-state index contributed by atoms with van der Waals surface area (Å²) in [5, 5.41) is 19.1. The molecule has 10 nitrogen and oxygen atoms in total. The molecule has 4 rings (SSSR count). The summed E-state index contributed by atoms with van der Waals surface area (Å²) in [4.78, 5) is 20.8. The molecule has 10 heteroatoms. The first-order valence-electron chi connectivity index (χ1n) is 10.6. The number of carbonyl (C=O) groups is 1. The van der Waals surface area contributed by atoms with Crippen molar-refractivity contribution in [2.45, 2.75) is 39.4 Å². The standard InChI is InChI=1S/C23H27N9O/c1-23(2,3)32-14-16(12-28-32)11-26-22(33)17-6-5-7-18(10-17)25-13-20-29-30-21(31(20)4)19-8-9-24-15-27-19/h5-10,12,14-15,25H,11,13H2,1-4H3,(H,26,33). The number of nitrogens with zero attached hydrogens (tertiary/aromatic N) is 7. The van der Waals surface area contributed by atoms with Gasteiger partial charge in [-0.2, -0.15) is 5.10 Å². The molecule has 0 atom stereocenters. The highest BCUT2D eigenvalue weighted by Crippen LogP contribution is 2.16. The Kier molecular flexibility index (Phi) is 6.16. The van der Waals surface area contributed by atoms with Crippen LogP contribution in [0, 0.1) is 0 Å². The topological polar surface area (TPSA) is 115 Å². The molecule has 2 N–H and O–H groups in total. The number of aromatic nitrogens is 7. The highest BCUT2D eigenvalue weighted by molar-refractivity contribution is 5.95. The summed E-state index contributed by atoms with van der Waals surface area (Å²) in [7, 11) is 1.89. The maximum atomic E-state index is 12.7. The van der Waals surface area contributed by atoms with Gasteiger partial charge in [-0.25, -0.2) is 9.97 Å². The monoisotopic (exact) mass is 445 g/mol. The molecule has 0 fully saturated rings. The zero-order valence-electron chi connectivity index (χ0n) is 19.1. The Bertz CT molecular complexity index is 1240. The zero-order valence-corrected chi connectivity index (χ0v) is 19.1. The maximum Gasteiger partial charge on any atom is 0.251 e. The highest BCUT2D eigenvalue weighted by Gasteiger charge is 2.15. The molecule has 0 aliphatic heterocycles. The highest BCUT2D eigenvalue weighted by atomic mass is 16.1. The summed E-state index contributed by atoms with van der Waals surface area (Å²) >= 11 is 0. The van der Waals surface area contributed by atoms with E-state index in [1.165, 1.54) is 6.33 Å². The molecule has 0 unspecified atom stereocenters. The predicted octanol–water partition coefficient (Wildman–Crippen LogP) is 2.77. The first-order chi connectivity index (χ1) is 15.8. The molecule has 0 spiro atoms. The van der Waals surface area contributed by atoms with Crippen molar-refractivity contribution in [2.75, 3.05) is 5.32 Å². The number of rotatable bonds is 7. The Hall–Kier alpha value is -4.08. The largest absolute Gasteiger partial charge is 0.378 e. The van der Waals surface area contributed by atoms with Crippen LogP contribution in [0.1, 0.15) is 42.5 Å². The number of nitrogens with one attached hydrogen (secondary N) is 2. The molecule has 3 aromatic heterocycles. The van der Waals surface area contributed by atoms with E-state index >= 15 is 0 Å². The second-order valence-electron chi connectivity index (χ2n) is 8.67. The molecule has 1 aromatic carbocycles. The molecule has 0 saturated carbocycles. The molecule has 4 aromatic rings. The van der Waals surface area contributed by atoms with Gasteiger partial charge < -0.3 is 15.2 Å². The number of anilines is 1. The predicted molar refractivity (Wildman–Crippen MR) is 124 cm³/mol. The van der Waals surface area contributed by atoms with Crippen LogP contribution in [-0.4, -0.2) is 40.4 Å². The molecule has 0 aliphatic carbocycles. The average molecular weight is 446 g/mol. The normalized spacial score (nSPS) is 11.4. The number of benzene rings is 1. The van der Waals surface area contributed by atoms with Gasteiger partial charge in [0.1, 0.15) is 12.0 Å². The molecule has 3 heterocycles. The summed E-state index contributed by atoms with van der Waals surface area (Å²) < 4.78 is 3.77. The van der Waals surface area contributed by atoms with Gasteiger partial charge in [-0.15, -0.1) is 10.2 Å². The third kappa shape index (κ3) is 5.22. The van der Waals surface area contributed by atoms with Crippen LogP contribution in [0.15, 0.2) is 55.2 Å². The lowest BCUT2D eigenvalue weighted by atomic mass is 10.1. The fourth-order valence-electron chi connectivity index (χ4n) is 3.22. The van der Waals surface area contributed by atoms with Crippen LogP contribution in [0.5, 0.6) is 0 Å². The average Bonchev–Trinajstić information content (AvgIpc) is 3.44. The summed E-state index contributed by atoms with van der Waals surface area (Å²) in [6, 6.07) is 9.14. The van der Waals surface area contributed by atoms with Crippen LogP contribution in [-0.2, 0) is 25.7 Å². The van der Waals surface area contributed by atoms with Crippen molar-refractivity contribution < 1.29 is 4.79 Å². The molecule has 0 saturated heterocycles. The van der Waals surface area contributed by atoms with Gasteiger partial charge in [0.15, 0.2) is 11.6 Å². The van der Waals surface area contributed by atoms with Gasteiger partial charge in [-0.1, -0.05) is 6.07 Å². The molecule has 33 heavy (non-hydrogen) atoms. The first-order valence-corrected chi connectivity index (χ1v) is 10.6. The van der Waals surface area contributed by atoms with Gasteiger partial charge in [0.2, 0.25) is 0 Å². The number of hydrogen-bond donors (Lipinski definition) is 2. The van der Waals surface area contributed by atoms with Crippen molar-refractivity contribution in [2.24, 2.45) is 7.05 Å². The molecule has 0 radical (unpaired) electrons. The van der Waals surface area contributed by atoms with Gasteiger partial charge >= 0.3 is 0 Å². The van der Waals surface area contributed by atoms with Crippen molar-refractivity contribution >= 4 is 11.6 Å². The fourth-order valence-corrected chi connectivity index (χ4v) is 3.22. The first kappa shape index (κ1) is 22.1. The van der Waals surface area contributed by atoms with Gasteiger partial charge in [0.05, 0.1) is 18.3 Å². The Morgan fingerprint density at radius 3 is 2.70 bits per heavy atom. The van der Waals surface area contributed by atoms with Crippen molar-refractivity contribution in [3.8, 4) is 11.5 Å². The van der Waals surface area contributed by atoms with E-state index in [0.717, 1.165) is 17.1 Å². The van der Waals surface area contributed by atoms with Gasteiger partial charge in [-0.3, -0.25) is 9.48 Å². The number of amides is 1. The van der Waals surface area contributed by atoms with E-state index in [-0.39, 0.29) is 11.4 Å². The fraction of sp³-hybridized carbons (Fsp3) is 0.304. The van der Waals surface area contributed by atoms with Crippen molar-refractivity contribution in [3.05, 3.63) is 72.2 Å². The number of hydrogen-bond acceptors (Lipinski definition) is 7. The second kappa shape index (κ2) is 9.19. The Morgan fingerprint density at radius 2 is 1.97 bits per heavy atom. The smallest absolute Gasteiger partial charge is 0.251 e. The summed E-state index contributed by atoms with van der Waals surface area (Å²) in [6.07, 6.45) is 6.88. The van der Waals surface area contributed by atoms with Crippen LogP contribution in [0.4, 0.5) is 5.69 Å². The minimum absolute atomic E-state index is 0.0967. The number of carbonyl (C=O) groups excluding carboxylic acids is 1. The van der Waals surface area contributed by atoms with Gasteiger partial charge in [0.25, 0.3) is 5.91 Å². The van der Waals surface area contributed by atoms with E-state index in [2.05, 4.69) is 56.7 Å². The Morgan fingerprint density at radius 1 is 1.12 bits per heavy atom. The van der Waals surface area contributed by atoms with Crippen molar-refractivity contribution in [1.29, 1.82) is 0 Å². The Balaban J connectivity index is 1.37. The minimum atomic E-state index is -0.146. The summed E-state index contributed by atoms with van der Waals surface area (Å²) in [6.45, 7) is 7.11. The van der Waals surface area contributed by atoms with Crippen molar-refractivity contribution in [1.82, 2.24) is 39.8 Å². The lowest BCUT2D eigenvalue weighted by Crippen LogP contribution is -2.23. The minimum Gasteiger partial charge on any atom is -0.378 e. The Labute approximate surface area is 192 Å². The molecular formula is C23H27N9O. The summed E-state index contributed by atoms with van der Waals surface area (Å²) in [5.41, 5.74) is 2.95. The van der Waals surface area contributed by atoms with Gasteiger partial charge in [-0.05, 0) is 45.0 Å². The summed E-state index contributed by atoms with van der Waals surface area (Å²) in [5.74, 6) is 1.26. The van der Waals surface area contributed by atoms with Crippen LogP contribution >= 0.6 is 0 Å². The van der Waals surface area contributed by atoms with E-state index in [0.29, 0.717) is 30.2 Å². The maximum absolute atomic E-state index is 12.7. The molecular weight excluding hydrogens is 418 g/mol. The van der Waals surface area contributed by atoms with Crippen LogP contribution < -0.4 is 10.6 Å². The molecule has 0 bridgehead atoms. The van der Waals surface area contributed by atoms with E-state index in [4.69, 9.17) is 0 Å². The molecule has 0 aliphatic rings. The quantitative estimate of drug-likeness (QED) is 0.449.